The molecule has 4 fully saturated rings. The lowest BCUT2D eigenvalue weighted by molar-refractivity contribution is -0.127. The molecule has 1 amide bonds. The second-order valence-electron chi connectivity index (χ2n) is 12.7. The van der Waals surface area contributed by atoms with Crippen LogP contribution in [-0.2, 0) is 19.6 Å². The lowest BCUT2D eigenvalue weighted by atomic mass is 9.83. The number of sulfonamides is 1. The molecule has 1 spiro atoms. The SMILES string of the molecule is O=C1NC2(CCOc3cc(C4CCOCC4)ccc3S(=O)(=O)N3C[C@H](O)C[C@@H]13)CCN(CC1CCCCC1)CC2. The van der Waals surface area contributed by atoms with Gasteiger partial charge in [-0.05, 0) is 68.1 Å². The predicted octanol–water partition coefficient (Wildman–Crippen LogP) is 3.02. The summed E-state index contributed by atoms with van der Waals surface area (Å²) in [6.45, 7) is 4.58. The Hall–Kier alpha value is -1.72. The van der Waals surface area contributed by atoms with Gasteiger partial charge in [0.25, 0.3) is 0 Å². The number of nitrogens with one attached hydrogen (secondary N) is 1. The van der Waals surface area contributed by atoms with Gasteiger partial charge in [-0.1, -0.05) is 25.3 Å². The predicted molar refractivity (Wildman–Crippen MR) is 151 cm³/mol. The molecule has 40 heavy (non-hydrogen) atoms. The number of likely N-dealkylation sites (tertiary alicyclic amines) is 1. The van der Waals surface area contributed by atoms with E-state index in [1.165, 1.54) is 36.4 Å². The molecule has 222 valence electrons. The molecule has 0 bridgehead atoms. The first-order valence-corrected chi connectivity index (χ1v) is 16.9. The number of ether oxygens (including phenoxy) is 2. The van der Waals surface area contributed by atoms with Crippen LogP contribution in [0.2, 0.25) is 0 Å². The minimum absolute atomic E-state index is 0.0773. The van der Waals surface area contributed by atoms with Crippen molar-refractivity contribution in [3.63, 3.8) is 0 Å². The molecule has 4 heterocycles. The summed E-state index contributed by atoms with van der Waals surface area (Å²) < 4.78 is 40.9. The monoisotopic (exact) mass is 575 g/mol. The highest BCUT2D eigenvalue weighted by Gasteiger charge is 2.47. The largest absolute Gasteiger partial charge is 0.492 e. The number of hydrogen-bond donors (Lipinski definition) is 2. The van der Waals surface area contributed by atoms with Gasteiger partial charge in [-0.3, -0.25) is 4.79 Å². The Bertz CT molecular complexity index is 1160. The van der Waals surface area contributed by atoms with Crippen molar-refractivity contribution >= 4 is 15.9 Å². The molecule has 2 N–H and O–H groups in total. The molecule has 1 aliphatic carbocycles. The molecule has 5 aliphatic rings. The minimum atomic E-state index is -4.06. The molecule has 6 rings (SSSR count). The van der Waals surface area contributed by atoms with Gasteiger partial charge in [-0.2, -0.15) is 4.31 Å². The van der Waals surface area contributed by atoms with Crippen LogP contribution in [0.15, 0.2) is 23.1 Å². The molecule has 0 unspecified atom stereocenters. The summed E-state index contributed by atoms with van der Waals surface area (Å²) in [6.07, 6.45) is 9.90. The number of carbonyl (C=O) groups excluding carboxylic acids is 1. The molecule has 0 radical (unpaired) electrons. The fraction of sp³-hybridized carbons (Fsp3) is 0.767. The van der Waals surface area contributed by atoms with E-state index in [1.54, 1.807) is 6.07 Å². The van der Waals surface area contributed by atoms with Crippen LogP contribution in [0.4, 0.5) is 0 Å². The number of aliphatic hydroxyl groups is 1. The van der Waals surface area contributed by atoms with Crippen LogP contribution in [0.3, 0.4) is 0 Å². The summed E-state index contributed by atoms with van der Waals surface area (Å²) in [5.74, 6) is 1.12. The minimum Gasteiger partial charge on any atom is -0.492 e. The molecular formula is C30H45N3O6S. The number of benzene rings is 1. The second-order valence-corrected chi connectivity index (χ2v) is 14.6. The number of piperidine rings is 1. The number of carbonyl (C=O) groups is 1. The highest BCUT2D eigenvalue weighted by atomic mass is 32.2. The fourth-order valence-corrected chi connectivity index (χ4v) is 9.34. The summed E-state index contributed by atoms with van der Waals surface area (Å²) >= 11 is 0. The topological polar surface area (TPSA) is 108 Å². The van der Waals surface area contributed by atoms with Gasteiger partial charge < -0.3 is 24.8 Å². The Morgan fingerprint density at radius 2 is 1.75 bits per heavy atom. The van der Waals surface area contributed by atoms with Gasteiger partial charge in [0.2, 0.25) is 15.9 Å². The van der Waals surface area contributed by atoms with Gasteiger partial charge >= 0.3 is 0 Å². The molecule has 1 aromatic rings. The van der Waals surface area contributed by atoms with E-state index in [2.05, 4.69) is 10.2 Å². The summed E-state index contributed by atoms with van der Waals surface area (Å²) in [4.78, 5) is 16.3. The zero-order valence-electron chi connectivity index (χ0n) is 23.6. The van der Waals surface area contributed by atoms with Crippen molar-refractivity contribution in [2.45, 2.75) is 99.1 Å². The van der Waals surface area contributed by atoms with E-state index in [9.17, 15) is 18.3 Å². The molecule has 10 heteroatoms. The van der Waals surface area contributed by atoms with Crippen LogP contribution < -0.4 is 10.1 Å². The standard InChI is InChI=1S/C30H45N3O6S/c34-25-19-26-29(35)31-30(10-13-32(14-11-30)20-22-4-2-1-3-5-22)12-17-39-27-18-24(23-8-15-38-16-9-23)6-7-28(27)40(36,37)33(26)21-25/h6-7,18,22-23,25-26,34H,1-5,8-17,19-21H2,(H,31,35)/t25-,26+/m1/s1. The zero-order chi connectivity index (χ0) is 27.7. The van der Waals surface area contributed by atoms with Crippen molar-refractivity contribution in [1.82, 2.24) is 14.5 Å². The van der Waals surface area contributed by atoms with Gasteiger partial charge in [0, 0.05) is 57.8 Å². The van der Waals surface area contributed by atoms with Gasteiger partial charge in [0.15, 0.2) is 0 Å². The highest BCUT2D eigenvalue weighted by Crippen LogP contribution is 2.38. The first-order chi connectivity index (χ1) is 19.3. The Kier molecular flexibility index (Phi) is 8.43. The van der Waals surface area contributed by atoms with Crippen LogP contribution in [0.1, 0.15) is 82.1 Å². The maximum absolute atomic E-state index is 13.9. The zero-order valence-corrected chi connectivity index (χ0v) is 24.4. The Morgan fingerprint density at radius 1 is 1.00 bits per heavy atom. The molecule has 1 aromatic carbocycles. The van der Waals surface area contributed by atoms with E-state index >= 15 is 0 Å². The maximum Gasteiger partial charge on any atom is 0.247 e. The summed E-state index contributed by atoms with van der Waals surface area (Å²) in [5.41, 5.74) is 0.608. The summed E-state index contributed by atoms with van der Waals surface area (Å²) in [6, 6.07) is 4.46. The van der Waals surface area contributed by atoms with Crippen molar-refractivity contribution < 1.29 is 27.8 Å². The Labute approximate surface area is 238 Å². The Balaban J connectivity index is 1.26. The van der Waals surface area contributed by atoms with Crippen LogP contribution in [-0.4, -0.2) is 92.3 Å². The number of rotatable bonds is 3. The van der Waals surface area contributed by atoms with E-state index < -0.39 is 27.7 Å². The highest BCUT2D eigenvalue weighted by molar-refractivity contribution is 7.89. The van der Waals surface area contributed by atoms with Crippen LogP contribution >= 0.6 is 0 Å². The van der Waals surface area contributed by atoms with Crippen LogP contribution in [0, 0.1) is 5.92 Å². The van der Waals surface area contributed by atoms with Crippen molar-refractivity contribution in [2.24, 2.45) is 5.92 Å². The molecule has 0 aromatic heterocycles. The summed E-state index contributed by atoms with van der Waals surface area (Å²) in [5, 5.41) is 13.8. The van der Waals surface area contributed by atoms with E-state index in [0.29, 0.717) is 37.9 Å². The average molecular weight is 576 g/mol. The normalized spacial score (nSPS) is 30.6. The van der Waals surface area contributed by atoms with Gasteiger partial charge in [0.05, 0.1) is 12.7 Å². The quantitative estimate of drug-likeness (QED) is 0.571. The lowest BCUT2D eigenvalue weighted by Crippen LogP contribution is -2.59. The second kappa shape index (κ2) is 11.9. The third kappa shape index (κ3) is 5.93. The van der Waals surface area contributed by atoms with Crippen LogP contribution in [0.5, 0.6) is 5.75 Å². The van der Waals surface area contributed by atoms with Crippen molar-refractivity contribution in [3.05, 3.63) is 23.8 Å². The summed E-state index contributed by atoms with van der Waals surface area (Å²) in [7, 11) is -4.06. The number of hydrogen-bond acceptors (Lipinski definition) is 7. The number of nitrogens with zero attached hydrogens (tertiary/aromatic N) is 2. The first-order valence-electron chi connectivity index (χ1n) is 15.4. The van der Waals surface area contributed by atoms with Gasteiger partial charge in [0.1, 0.15) is 16.7 Å². The van der Waals surface area contributed by atoms with E-state index in [4.69, 9.17) is 9.47 Å². The van der Waals surface area contributed by atoms with Gasteiger partial charge in [-0.15, -0.1) is 0 Å². The van der Waals surface area contributed by atoms with Crippen LogP contribution in [0.25, 0.3) is 0 Å². The van der Waals surface area contributed by atoms with Crippen molar-refractivity contribution in [3.8, 4) is 5.75 Å². The average Bonchev–Trinajstić information content (AvgIpc) is 3.37. The Morgan fingerprint density at radius 3 is 2.50 bits per heavy atom. The van der Waals surface area contributed by atoms with E-state index in [1.807, 2.05) is 12.1 Å². The molecule has 9 nitrogen and oxygen atoms in total. The van der Waals surface area contributed by atoms with E-state index in [0.717, 1.165) is 56.8 Å². The maximum atomic E-state index is 13.9. The number of fused-ring (bicyclic) bond motifs is 2. The molecule has 3 saturated heterocycles. The smallest absolute Gasteiger partial charge is 0.247 e. The molecular weight excluding hydrogens is 530 g/mol. The van der Waals surface area contributed by atoms with Crippen molar-refractivity contribution in [2.75, 3.05) is 46.0 Å². The number of aliphatic hydroxyl groups excluding tert-OH is 1. The number of amides is 1. The third-order valence-corrected chi connectivity index (χ3v) is 12.0. The molecule has 4 aliphatic heterocycles. The molecule has 1 saturated carbocycles. The fourth-order valence-electron chi connectivity index (χ4n) is 7.59. The first kappa shape index (κ1) is 28.4. The third-order valence-electron chi connectivity index (χ3n) is 10.1. The van der Waals surface area contributed by atoms with Crippen molar-refractivity contribution in [1.29, 1.82) is 0 Å². The van der Waals surface area contributed by atoms with Gasteiger partial charge in [-0.25, -0.2) is 8.42 Å². The lowest BCUT2D eigenvalue weighted by Gasteiger charge is -2.44. The van der Waals surface area contributed by atoms with E-state index in [-0.39, 0.29) is 23.8 Å². The molecule has 2 atom stereocenters.